The number of rotatable bonds is 1. The van der Waals surface area contributed by atoms with Crippen LogP contribution in [0.25, 0.3) is 0 Å². The maximum atomic E-state index is 12.4. The third-order valence-corrected chi connectivity index (χ3v) is 8.80. The second-order valence-electron chi connectivity index (χ2n) is 9.78. The first-order valence-corrected chi connectivity index (χ1v) is 10.3. The predicted molar refractivity (Wildman–Crippen MR) is 100.0 cm³/mol. The first-order chi connectivity index (χ1) is 12.2. The maximum Gasteiger partial charge on any atom is 0.309 e. The van der Waals surface area contributed by atoms with Crippen LogP contribution in [0.5, 0.6) is 0 Å². The number of nitrogens with zero attached hydrogens (tertiary/aromatic N) is 1. The van der Waals surface area contributed by atoms with E-state index in [0.29, 0.717) is 24.2 Å². The summed E-state index contributed by atoms with van der Waals surface area (Å²) in [6.07, 6.45) is 7.13. The molecule has 0 bridgehead atoms. The lowest BCUT2D eigenvalue weighted by Crippen LogP contribution is -2.54. The lowest BCUT2D eigenvalue weighted by Gasteiger charge is -2.59. The van der Waals surface area contributed by atoms with Crippen LogP contribution in [0.15, 0.2) is 11.3 Å². The number of allylic oxidation sites excluding steroid dienone is 2. The number of carbonyl (C=O) groups excluding carboxylic acids is 2. The van der Waals surface area contributed by atoms with E-state index in [-0.39, 0.29) is 28.6 Å². The molecule has 0 aromatic carbocycles. The molecular formula is C22H33NO3. The molecule has 0 aromatic heterocycles. The highest BCUT2D eigenvalue weighted by Gasteiger charge is 2.61. The largest absolute Gasteiger partial charge is 0.469 e. The van der Waals surface area contributed by atoms with Crippen LogP contribution < -0.4 is 0 Å². The number of hydrogen-bond acceptors (Lipinski definition) is 3. The number of ether oxygens (including phenoxy) is 1. The molecule has 1 aliphatic heterocycles. The highest BCUT2D eigenvalue weighted by Crippen LogP contribution is 2.66. The molecule has 144 valence electrons. The molecule has 4 nitrogen and oxygen atoms in total. The van der Waals surface area contributed by atoms with Gasteiger partial charge < -0.3 is 9.64 Å². The second-order valence-corrected chi connectivity index (χ2v) is 9.78. The number of hydrogen-bond donors (Lipinski definition) is 0. The van der Waals surface area contributed by atoms with Crippen molar-refractivity contribution in [2.75, 3.05) is 14.2 Å². The Morgan fingerprint density at radius 3 is 2.58 bits per heavy atom. The summed E-state index contributed by atoms with van der Waals surface area (Å²) in [7, 11) is 3.50. The lowest BCUT2D eigenvalue weighted by atomic mass is 9.48. The summed E-state index contributed by atoms with van der Waals surface area (Å²) in [6.45, 7) is 6.98. The number of piperidine rings is 1. The predicted octanol–water partition coefficient (Wildman–Crippen LogP) is 4.15. The van der Waals surface area contributed by atoms with Crippen LogP contribution in [0.2, 0.25) is 0 Å². The van der Waals surface area contributed by atoms with Crippen molar-refractivity contribution >= 4 is 11.9 Å². The Hall–Kier alpha value is -1.32. The van der Waals surface area contributed by atoms with E-state index >= 15 is 0 Å². The number of methoxy groups -OCH3 is 1. The monoisotopic (exact) mass is 359 g/mol. The van der Waals surface area contributed by atoms with Gasteiger partial charge in [0.25, 0.3) is 0 Å². The molecule has 1 amide bonds. The number of likely N-dealkylation sites (tertiary alicyclic amines) is 1. The molecular weight excluding hydrogens is 326 g/mol. The number of esters is 1. The van der Waals surface area contributed by atoms with Crippen LogP contribution in [0.1, 0.15) is 65.7 Å². The van der Waals surface area contributed by atoms with E-state index < -0.39 is 0 Å². The van der Waals surface area contributed by atoms with E-state index in [1.165, 1.54) is 24.8 Å². The Balaban J connectivity index is 1.72. The molecule has 0 radical (unpaired) electrons. The van der Waals surface area contributed by atoms with Gasteiger partial charge in [-0.15, -0.1) is 0 Å². The standard InChI is InChI=1S/C22H33NO3/c1-13-12-14-15-6-7-17(20(25)26-5)21(15,2)10-8-16(14)22(3)11-9-18(24)23(4)19(13)22/h14-17H,6-12H2,1-5H3/t14?,15-,16?,17+,21-,22+/m0/s1. The molecule has 4 heteroatoms. The van der Waals surface area contributed by atoms with Crippen LogP contribution in [-0.2, 0) is 14.3 Å². The van der Waals surface area contributed by atoms with Gasteiger partial charge in [0, 0.05) is 24.6 Å². The average Bonchev–Trinajstić information content (AvgIpc) is 2.95. The average molecular weight is 360 g/mol. The molecule has 0 spiro atoms. The molecule has 1 heterocycles. The summed E-state index contributed by atoms with van der Waals surface area (Å²) < 4.78 is 5.14. The smallest absolute Gasteiger partial charge is 0.309 e. The van der Waals surface area contributed by atoms with Crippen molar-refractivity contribution in [1.82, 2.24) is 4.90 Å². The molecule has 2 unspecified atom stereocenters. The van der Waals surface area contributed by atoms with Gasteiger partial charge in [-0.25, -0.2) is 0 Å². The molecule has 3 fully saturated rings. The third kappa shape index (κ3) is 2.20. The van der Waals surface area contributed by atoms with Crippen molar-refractivity contribution in [3.8, 4) is 0 Å². The fourth-order valence-corrected chi connectivity index (χ4v) is 7.64. The first-order valence-electron chi connectivity index (χ1n) is 10.3. The normalized spacial score (nSPS) is 45.1. The number of amides is 1. The summed E-state index contributed by atoms with van der Waals surface area (Å²) in [5, 5.41) is 0. The van der Waals surface area contributed by atoms with E-state index in [4.69, 9.17) is 4.74 Å². The Morgan fingerprint density at radius 2 is 1.88 bits per heavy atom. The fourth-order valence-electron chi connectivity index (χ4n) is 7.64. The number of fused-ring (bicyclic) bond motifs is 5. The van der Waals surface area contributed by atoms with Crippen molar-refractivity contribution in [2.24, 2.45) is 34.5 Å². The van der Waals surface area contributed by atoms with Crippen molar-refractivity contribution in [3.05, 3.63) is 11.3 Å². The maximum absolute atomic E-state index is 12.4. The van der Waals surface area contributed by atoms with Crippen LogP contribution >= 0.6 is 0 Å². The Morgan fingerprint density at radius 1 is 1.15 bits per heavy atom. The molecule has 26 heavy (non-hydrogen) atoms. The van der Waals surface area contributed by atoms with Crippen LogP contribution in [0, 0.1) is 34.5 Å². The quantitative estimate of drug-likeness (QED) is 0.661. The van der Waals surface area contributed by atoms with Gasteiger partial charge in [0.2, 0.25) is 5.91 Å². The number of carbonyl (C=O) groups is 2. The van der Waals surface area contributed by atoms with Gasteiger partial charge in [0.05, 0.1) is 13.0 Å². The van der Waals surface area contributed by atoms with Crippen molar-refractivity contribution in [3.63, 3.8) is 0 Å². The van der Waals surface area contributed by atoms with E-state index in [9.17, 15) is 9.59 Å². The summed E-state index contributed by atoms with van der Waals surface area (Å²) in [6, 6.07) is 0. The minimum Gasteiger partial charge on any atom is -0.469 e. The van der Waals surface area contributed by atoms with E-state index in [1.54, 1.807) is 0 Å². The van der Waals surface area contributed by atoms with Crippen molar-refractivity contribution < 1.29 is 14.3 Å². The van der Waals surface area contributed by atoms with E-state index in [1.807, 2.05) is 11.9 Å². The zero-order chi connectivity index (χ0) is 18.9. The highest BCUT2D eigenvalue weighted by molar-refractivity contribution is 5.80. The molecule has 4 rings (SSSR count). The van der Waals surface area contributed by atoms with Crippen molar-refractivity contribution in [2.45, 2.75) is 65.7 Å². The van der Waals surface area contributed by atoms with Crippen molar-refractivity contribution in [1.29, 1.82) is 0 Å². The van der Waals surface area contributed by atoms with Gasteiger partial charge in [0.1, 0.15) is 0 Å². The topological polar surface area (TPSA) is 46.6 Å². The molecule has 0 N–H and O–H groups in total. The highest BCUT2D eigenvalue weighted by atomic mass is 16.5. The summed E-state index contributed by atoms with van der Waals surface area (Å²) in [5.74, 6) is 2.19. The fraction of sp³-hybridized carbons (Fsp3) is 0.818. The third-order valence-electron chi connectivity index (χ3n) is 8.80. The van der Waals surface area contributed by atoms with Crippen LogP contribution in [-0.4, -0.2) is 30.9 Å². The molecule has 6 atom stereocenters. The Kier molecular flexibility index (Phi) is 4.06. The molecule has 1 saturated heterocycles. The van der Waals surface area contributed by atoms with Crippen LogP contribution in [0.3, 0.4) is 0 Å². The van der Waals surface area contributed by atoms with E-state index in [0.717, 1.165) is 32.1 Å². The summed E-state index contributed by atoms with van der Waals surface area (Å²) in [5.41, 5.74) is 2.90. The summed E-state index contributed by atoms with van der Waals surface area (Å²) >= 11 is 0. The first kappa shape index (κ1) is 18.1. The minimum atomic E-state index is -0.00794. The molecule has 0 aromatic rings. The zero-order valence-electron chi connectivity index (χ0n) is 16.9. The van der Waals surface area contributed by atoms with Gasteiger partial charge in [-0.1, -0.05) is 19.4 Å². The van der Waals surface area contributed by atoms with Gasteiger partial charge in [-0.2, -0.15) is 0 Å². The Bertz CT molecular complexity index is 683. The van der Waals surface area contributed by atoms with Crippen LogP contribution in [0.4, 0.5) is 0 Å². The van der Waals surface area contributed by atoms with E-state index in [2.05, 4.69) is 20.8 Å². The minimum absolute atomic E-state index is 0.00794. The van der Waals surface area contributed by atoms with Gasteiger partial charge in [-0.05, 0) is 68.6 Å². The van der Waals surface area contributed by atoms with Gasteiger partial charge >= 0.3 is 5.97 Å². The molecule has 3 aliphatic carbocycles. The lowest BCUT2D eigenvalue weighted by molar-refractivity contribution is -0.153. The van der Waals surface area contributed by atoms with Gasteiger partial charge in [0.15, 0.2) is 0 Å². The zero-order valence-corrected chi connectivity index (χ0v) is 16.9. The Labute approximate surface area is 157 Å². The molecule has 4 aliphatic rings. The second kappa shape index (κ2) is 5.84. The molecule has 2 saturated carbocycles. The SMILES string of the molecule is COC(=O)[C@H]1CC[C@H]2C3CC(C)=C4N(C)C(=O)CC[C@]4(C)C3CC[C@]12C. The van der Waals surface area contributed by atoms with Gasteiger partial charge in [-0.3, -0.25) is 9.59 Å². The summed E-state index contributed by atoms with van der Waals surface area (Å²) in [4.78, 5) is 26.7.